The number of hydrogen-bond acceptors (Lipinski definition) is 6. The number of pyridine rings is 1. The second-order valence-corrected chi connectivity index (χ2v) is 8.33. The number of aromatic nitrogens is 1. The van der Waals surface area contributed by atoms with E-state index in [2.05, 4.69) is 4.98 Å². The molecule has 2 atom stereocenters. The lowest BCUT2D eigenvalue weighted by Crippen LogP contribution is -2.29. The number of Topliss-reactive ketones (excluding diaryl/α,β-unsaturated/α-hetero) is 1. The van der Waals surface area contributed by atoms with Gasteiger partial charge in [-0.3, -0.25) is 14.6 Å². The summed E-state index contributed by atoms with van der Waals surface area (Å²) in [5.41, 5.74) is 2.69. The number of carbonyl (C=O) groups excluding carboxylic acids is 2. The number of aromatic hydroxyl groups is 1. The van der Waals surface area contributed by atoms with E-state index in [-0.39, 0.29) is 29.7 Å². The van der Waals surface area contributed by atoms with Crippen LogP contribution in [-0.4, -0.2) is 37.9 Å². The van der Waals surface area contributed by atoms with Crippen LogP contribution in [0.4, 0.5) is 0 Å². The van der Waals surface area contributed by atoms with Crippen LogP contribution in [0.1, 0.15) is 35.2 Å². The Hall–Kier alpha value is -4.13. The first-order chi connectivity index (χ1) is 15.9. The molecule has 7 heteroatoms. The minimum Gasteiger partial charge on any atom is -0.508 e. The van der Waals surface area contributed by atoms with Gasteiger partial charge in [0.15, 0.2) is 0 Å². The number of phenols is 1. The van der Waals surface area contributed by atoms with Crippen LogP contribution in [0.3, 0.4) is 0 Å². The van der Waals surface area contributed by atoms with Crippen molar-refractivity contribution >= 4 is 17.4 Å². The number of amides is 1. The highest BCUT2D eigenvalue weighted by molar-refractivity contribution is 6.46. The van der Waals surface area contributed by atoms with Gasteiger partial charge >= 0.3 is 0 Å². The van der Waals surface area contributed by atoms with Gasteiger partial charge in [-0.15, -0.1) is 0 Å². The van der Waals surface area contributed by atoms with E-state index >= 15 is 0 Å². The molecule has 2 aliphatic heterocycles. The summed E-state index contributed by atoms with van der Waals surface area (Å²) >= 11 is 0. The zero-order valence-corrected chi connectivity index (χ0v) is 17.9. The van der Waals surface area contributed by atoms with Crippen molar-refractivity contribution in [1.29, 1.82) is 0 Å². The molecule has 2 unspecified atom stereocenters. The Morgan fingerprint density at radius 3 is 2.67 bits per heavy atom. The largest absolute Gasteiger partial charge is 0.508 e. The van der Waals surface area contributed by atoms with Gasteiger partial charge in [0.25, 0.3) is 11.7 Å². The molecule has 0 aliphatic carbocycles. The van der Waals surface area contributed by atoms with Crippen LogP contribution >= 0.6 is 0 Å². The number of phenolic OH excluding ortho intramolecular Hbond substituents is 1. The number of fused-ring (bicyclic) bond motifs is 1. The molecule has 166 valence electrons. The Morgan fingerprint density at radius 2 is 1.91 bits per heavy atom. The maximum Gasteiger partial charge on any atom is 0.295 e. The van der Waals surface area contributed by atoms with Crippen LogP contribution in [0.15, 0.2) is 72.6 Å². The summed E-state index contributed by atoms with van der Waals surface area (Å²) in [5.74, 6) is -0.964. The van der Waals surface area contributed by atoms with Crippen LogP contribution in [-0.2, 0) is 22.6 Å². The molecular formula is C26H22N2O5. The van der Waals surface area contributed by atoms with Crippen molar-refractivity contribution in [1.82, 2.24) is 9.88 Å². The van der Waals surface area contributed by atoms with Crippen molar-refractivity contribution < 1.29 is 24.5 Å². The van der Waals surface area contributed by atoms with Crippen molar-refractivity contribution in [3.8, 4) is 11.5 Å². The molecule has 3 aromatic rings. The molecule has 1 saturated heterocycles. The van der Waals surface area contributed by atoms with Gasteiger partial charge in [-0.2, -0.15) is 0 Å². The quantitative estimate of drug-likeness (QED) is 0.363. The summed E-state index contributed by atoms with van der Waals surface area (Å²) < 4.78 is 5.73. The average Bonchev–Trinajstić information content (AvgIpc) is 3.30. The number of benzene rings is 2. The lowest BCUT2D eigenvalue weighted by molar-refractivity contribution is -0.140. The summed E-state index contributed by atoms with van der Waals surface area (Å²) in [7, 11) is 0. The van der Waals surface area contributed by atoms with Gasteiger partial charge in [0, 0.05) is 30.9 Å². The van der Waals surface area contributed by atoms with Crippen LogP contribution in [0.25, 0.3) is 5.76 Å². The summed E-state index contributed by atoms with van der Waals surface area (Å²) in [6.45, 7) is 2.12. The lowest BCUT2D eigenvalue weighted by atomic mass is 9.94. The normalized spacial score (nSPS) is 21.2. The second kappa shape index (κ2) is 8.09. The Bertz CT molecular complexity index is 1280. The van der Waals surface area contributed by atoms with Crippen molar-refractivity contribution in [2.45, 2.75) is 32.0 Å². The number of aliphatic hydroxyl groups is 1. The van der Waals surface area contributed by atoms with Crippen LogP contribution in [0.5, 0.6) is 11.5 Å². The standard InChI is InChI=1S/C26H22N2O5/c1-15-11-19-12-18(5-6-21(19)33-15)24(30)22-23(17-3-2-4-20(29)13-17)28(26(32)25(22)31)14-16-7-9-27-10-8-16/h2-10,12-13,15,23,29-30H,11,14H2,1H3. The first kappa shape index (κ1) is 20.8. The first-order valence-electron chi connectivity index (χ1n) is 10.7. The van der Waals surface area contributed by atoms with Gasteiger partial charge in [0.1, 0.15) is 23.4 Å². The fraction of sp³-hybridized carbons (Fsp3) is 0.192. The Labute approximate surface area is 190 Å². The van der Waals surface area contributed by atoms with Crippen molar-refractivity contribution in [3.05, 3.63) is 94.8 Å². The number of likely N-dealkylation sites (tertiary alicyclic amines) is 1. The van der Waals surface area contributed by atoms with Gasteiger partial charge in [-0.1, -0.05) is 12.1 Å². The van der Waals surface area contributed by atoms with E-state index in [4.69, 9.17) is 4.74 Å². The zero-order valence-electron chi connectivity index (χ0n) is 17.9. The van der Waals surface area contributed by atoms with E-state index in [0.717, 1.165) is 16.9 Å². The number of aliphatic hydroxyl groups excluding tert-OH is 1. The number of hydrogen-bond donors (Lipinski definition) is 2. The topological polar surface area (TPSA) is 100.0 Å². The maximum absolute atomic E-state index is 13.2. The molecule has 1 fully saturated rings. The highest BCUT2D eigenvalue weighted by Gasteiger charge is 2.46. The number of nitrogens with zero attached hydrogens (tertiary/aromatic N) is 2. The smallest absolute Gasteiger partial charge is 0.295 e. The second-order valence-electron chi connectivity index (χ2n) is 8.33. The minimum absolute atomic E-state index is 0.00525. The third-order valence-electron chi connectivity index (χ3n) is 6.00. The van der Waals surface area contributed by atoms with Gasteiger partial charge in [-0.25, -0.2) is 0 Å². The number of ketones is 1. The van der Waals surface area contributed by atoms with Gasteiger partial charge in [0.2, 0.25) is 0 Å². The highest BCUT2D eigenvalue weighted by Crippen LogP contribution is 2.41. The first-order valence-corrected chi connectivity index (χ1v) is 10.7. The van der Waals surface area contributed by atoms with E-state index in [1.807, 2.05) is 6.92 Å². The zero-order chi connectivity index (χ0) is 23.1. The summed E-state index contributed by atoms with van der Waals surface area (Å²) in [6, 6.07) is 14.3. The molecule has 33 heavy (non-hydrogen) atoms. The highest BCUT2D eigenvalue weighted by atomic mass is 16.5. The molecule has 2 aromatic carbocycles. The lowest BCUT2D eigenvalue weighted by Gasteiger charge is -2.25. The average molecular weight is 442 g/mol. The fourth-order valence-electron chi connectivity index (χ4n) is 4.49. The van der Waals surface area contributed by atoms with Crippen molar-refractivity contribution in [2.24, 2.45) is 0 Å². The van der Waals surface area contributed by atoms with Crippen molar-refractivity contribution in [2.75, 3.05) is 0 Å². The van der Waals surface area contributed by atoms with E-state index in [0.29, 0.717) is 17.5 Å². The number of carbonyl (C=O) groups is 2. The predicted octanol–water partition coefficient (Wildman–Crippen LogP) is 3.73. The van der Waals surface area contributed by atoms with Gasteiger partial charge in [0.05, 0.1) is 11.6 Å². The number of rotatable bonds is 4. The van der Waals surface area contributed by atoms with Crippen molar-refractivity contribution in [3.63, 3.8) is 0 Å². The Balaban J connectivity index is 1.64. The molecule has 0 saturated carbocycles. The van der Waals surface area contributed by atoms with Gasteiger partial charge in [-0.05, 0) is 66.1 Å². The summed E-state index contributed by atoms with van der Waals surface area (Å²) in [6.07, 6.45) is 3.96. The minimum atomic E-state index is -0.853. The van der Waals surface area contributed by atoms with E-state index in [1.54, 1.807) is 54.9 Å². The molecule has 0 spiro atoms. The van der Waals surface area contributed by atoms with E-state index in [1.165, 1.54) is 17.0 Å². The maximum atomic E-state index is 13.2. The van der Waals surface area contributed by atoms with Crippen LogP contribution in [0, 0.1) is 0 Å². The molecule has 5 rings (SSSR count). The van der Waals surface area contributed by atoms with Crippen LogP contribution in [0.2, 0.25) is 0 Å². The summed E-state index contributed by atoms with van der Waals surface area (Å²) in [4.78, 5) is 31.7. The third-order valence-corrected chi connectivity index (χ3v) is 6.00. The molecule has 2 aliphatic rings. The monoisotopic (exact) mass is 442 g/mol. The molecule has 7 nitrogen and oxygen atoms in total. The molecule has 2 N–H and O–H groups in total. The predicted molar refractivity (Wildman–Crippen MR) is 120 cm³/mol. The molecule has 0 bridgehead atoms. The molecule has 3 heterocycles. The van der Waals surface area contributed by atoms with Crippen LogP contribution < -0.4 is 4.74 Å². The Morgan fingerprint density at radius 1 is 1.12 bits per heavy atom. The van der Waals surface area contributed by atoms with Gasteiger partial charge < -0.3 is 19.8 Å². The Kier molecular flexibility index (Phi) is 5.09. The summed E-state index contributed by atoms with van der Waals surface area (Å²) in [5, 5.41) is 21.3. The third kappa shape index (κ3) is 3.71. The molecule has 0 radical (unpaired) electrons. The molecular weight excluding hydrogens is 420 g/mol. The molecule has 1 amide bonds. The van der Waals surface area contributed by atoms with E-state index < -0.39 is 17.7 Å². The number of ether oxygens (including phenoxy) is 1. The van der Waals surface area contributed by atoms with E-state index in [9.17, 15) is 19.8 Å². The fourth-order valence-corrected chi connectivity index (χ4v) is 4.49. The SMILES string of the molecule is CC1Cc2cc(C(O)=C3C(=O)C(=O)N(Cc4ccncc4)C3c3cccc(O)c3)ccc2O1. The molecule has 1 aromatic heterocycles.